The van der Waals surface area contributed by atoms with E-state index in [2.05, 4.69) is 14.9 Å². The molecule has 0 atom stereocenters. The van der Waals surface area contributed by atoms with Gasteiger partial charge >= 0.3 is 0 Å². The van der Waals surface area contributed by atoms with Crippen LogP contribution in [0.5, 0.6) is 0 Å². The van der Waals surface area contributed by atoms with Gasteiger partial charge in [-0.3, -0.25) is 0 Å². The first kappa shape index (κ1) is 12.2. The topological polar surface area (TPSA) is 38.2 Å². The Hall–Kier alpha value is -0.230. The zero-order valence-corrected chi connectivity index (χ0v) is 11.1. The third-order valence-electron chi connectivity index (χ3n) is 2.29. The van der Waals surface area contributed by atoms with Crippen LogP contribution in [0.3, 0.4) is 0 Å². The Balaban J connectivity index is 2.32. The maximum atomic E-state index is 6.12. The molecule has 88 valence electrons. The third-order valence-corrected chi connectivity index (χ3v) is 3.36. The number of ether oxygens (including phenoxy) is 1. The van der Waals surface area contributed by atoms with Gasteiger partial charge in [0.05, 0.1) is 13.2 Å². The zero-order valence-electron chi connectivity index (χ0n) is 8.74. The summed E-state index contributed by atoms with van der Waals surface area (Å²) < 4.78 is 5.27. The molecule has 2 heterocycles. The largest absolute Gasteiger partial charge is 0.378 e. The highest BCUT2D eigenvalue weighted by molar-refractivity contribution is 7.98. The minimum atomic E-state index is 0.409. The summed E-state index contributed by atoms with van der Waals surface area (Å²) in [5.74, 6) is 0. The molecule has 1 fully saturated rings. The smallest absolute Gasteiger partial charge is 0.190 e. The number of nitrogens with zero attached hydrogens (tertiary/aromatic N) is 3. The molecule has 1 aliphatic heterocycles. The van der Waals surface area contributed by atoms with Gasteiger partial charge in [0.1, 0.15) is 5.69 Å². The number of hydrogen-bond acceptors (Lipinski definition) is 5. The normalized spacial score (nSPS) is 16.6. The Bertz CT molecular complexity index is 362. The van der Waals surface area contributed by atoms with E-state index in [1.54, 1.807) is 0 Å². The molecule has 16 heavy (non-hydrogen) atoms. The molecule has 1 aromatic heterocycles. The summed E-state index contributed by atoms with van der Waals surface area (Å²) in [6.45, 7) is 2.89. The highest BCUT2D eigenvalue weighted by Crippen LogP contribution is 2.32. The lowest BCUT2D eigenvalue weighted by atomic mass is 10.4. The molecule has 1 saturated heterocycles. The van der Waals surface area contributed by atoms with Crippen LogP contribution in [0.2, 0.25) is 10.3 Å². The van der Waals surface area contributed by atoms with Crippen LogP contribution < -0.4 is 4.90 Å². The minimum Gasteiger partial charge on any atom is -0.378 e. The second-order valence-electron chi connectivity index (χ2n) is 3.24. The molecule has 2 rings (SSSR count). The van der Waals surface area contributed by atoms with Crippen LogP contribution in [0, 0.1) is 0 Å². The van der Waals surface area contributed by atoms with Crippen LogP contribution in [0.25, 0.3) is 0 Å². The van der Waals surface area contributed by atoms with Crippen molar-refractivity contribution in [1.82, 2.24) is 9.97 Å². The summed E-state index contributed by atoms with van der Waals surface area (Å²) >= 11 is 13.6. The van der Waals surface area contributed by atoms with Gasteiger partial charge in [-0.25, -0.2) is 9.97 Å². The predicted molar refractivity (Wildman–Crippen MR) is 66.9 cm³/mol. The minimum absolute atomic E-state index is 0.409. The molecule has 0 aliphatic carbocycles. The van der Waals surface area contributed by atoms with Gasteiger partial charge in [0.2, 0.25) is 0 Å². The van der Waals surface area contributed by atoms with Gasteiger partial charge in [0.25, 0.3) is 0 Å². The number of thioether (sulfide) groups is 1. The Morgan fingerprint density at radius 2 is 1.75 bits per heavy atom. The summed E-state index contributed by atoms with van der Waals surface area (Å²) in [6.07, 6.45) is 1.89. The molecule has 0 radical (unpaired) electrons. The maximum absolute atomic E-state index is 6.12. The molecule has 0 N–H and O–H groups in total. The number of aromatic nitrogens is 2. The summed E-state index contributed by atoms with van der Waals surface area (Å²) in [7, 11) is 0. The van der Waals surface area contributed by atoms with Gasteiger partial charge in [0.15, 0.2) is 15.5 Å². The van der Waals surface area contributed by atoms with Crippen molar-refractivity contribution in [1.29, 1.82) is 0 Å². The zero-order chi connectivity index (χ0) is 11.5. The fourth-order valence-electron chi connectivity index (χ4n) is 1.52. The summed E-state index contributed by atoms with van der Waals surface area (Å²) in [6, 6.07) is 0. The van der Waals surface area contributed by atoms with Gasteiger partial charge in [0, 0.05) is 13.1 Å². The number of rotatable bonds is 2. The molecule has 1 aliphatic rings. The fraction of sp³-hybridized carbons (Fsp3) is 0.556. The van der Waals surface area contributed by atoms with Crippen LogP contribution >= 0.6 is 35.0 Å². The second kappa shape index (κ2) is 5.40. The molecule has 4 nitrogen and oxygen atoms in total. The molecule has 7 heteroatoms. The molecular weight excluding hydrogens is 269 g/mol. The third kappa shape index (κ3) is 2.53. The lowest BCUT2D eigenvalue weighted by Gasteiger charge is -2.29. The first-order valence-electron chi connectivity index (χ1n) is 4.82. The molecule has 0 saturated carbocycles. The highest BCUT2D eigenvalue weighted by Gasteiger charge is 2.20. The van der Waals surface area contributed by atoms with Crippen molar-refractivity contribution in [2.45, 2.75) is 5.16 Å². The van der Waals surface area contributed by atoms with Gasteiger partial charge in [-0.2, -0.15) is 0 Å². The van der Waals surface area contributed by atoms with Crippen molar-refractivity contribution in [3.05, 3.63) is 10.3 Å². The summed E-state index contributed by atoms with van der Waals surface area (Å²) in [5.41, 5.74) is 0.712. The van der Waals surface area contributed by atoms with Crippen LogP contribution in [-0.2, 0) is 4.74 Å². The number of hydrogen-bond donors (Lipinski definition) is 0. The Morgan fingerprint density at radius 1 is 1.19 bits per heavy atom. The van der Waals surface area contributed by atoms with Crippen LogP contribution in [-0.4, -0.2) is 42.5 Å². The molecule has 0 bridgehead atoms. The SMILES string of the molecule is CSc1nc(Cl)c(N2CCOCC2)c(Cl)n1. The Labute approximate surface area is 108 Å². The van der Waals surface area contributed by atoms with Crippen molar-refractivity contribution in [2.24, 2.45) is 0 Å². The van der Waals surface area contributed by atoms with Crippen LogP contribution in [0.4, 0.5) is 5.69 Å². The molecular formula is C9H11Cl2N3OS. The quantitative estimate of drug-likeness (QED) is 0.472. The average molecular weight is 280 g/mol. The lowest BCUT2D eigenvalue weighted by molar-refractivity contribution is 0.122. The Kier molecular flexibility index (Phi) is 4.13. The van der Waals surface area contributed by atoms with E-state index in [1.807, 2.05) is 6.26 Å². The molecule has 0 amide bonds. The lowest BCUT2D eigenvalue weighted by Crippen LogP contribution is -2.36. The molecule has 0 spiro atoms. The first-order chi connectivity index (χ1) is 7.72. The van der Waals surface area contributed by atoms with Crippen molar-refractivity contribution in [3.8, 4) is 0 Å². The molecule has 0 unspecified atom stereocenters. The van der Waals surface area contributed by atoms with Crippen molar-refractivity contribution >= 4 is 40.7 Å². The average Bonchev–Trinajstić information content (AvgIpc) is 2.29. The second-order valence-corrected chi connectivity index (χ2v) is 4.73. The van der Waals surface area contributed by atoms with E-state index < -0.39 is 0 Å². The standard InChI is InChI=1S/C9H11Cl2N3OS/c1-16-9-12-7(10)6(8(11)13-9)14-2-4-15-5-3-14/h2-5H2,1H3. The summed E-state index contributed by atoms with van der Waals surface area (Å²) in [4.78, 5) is 10.4. The van der Waals surface area contributed by atoms with Crippen molar-refractivity contribution in [3.63, 3.8) is 0 Å². The number of morpholine rings is 1. The van der Waals surface area contributed by atoms with E-state index in [4.69, 9.17) is 27.9 Å². The van der Waals surface area contributed by atoms with E-state index in [-0.39, 0.29) is 0 Å². The van der Waals surface area contributed by atoms with E-state index in [9.17, 15) is 0 Å². The Morgan fingerprint density at radius 3 is 2.25 bits per heavy atom. The van der Waals surface area contributed by atoms with Crippen molar-refractivity contribution in [2.75, 3.05) is 37.5 Å². The maximum Gasteiger partial charge on any atom is 0.190 e. The van der Waals surface area contributed by atoms with Crippen LogP contribution in [0.1, 0.15) is 0 Å². The van der Waals surface area contributed by atoms with Gasteiger partial charge < -0.3 is 9.64 Å². The number of anilines is 1. The highest BCUT2D eigenvalue weighted by atomic mass is 35.5. The molecule has 0 aromatic carbocycles. The monoisotopic (exact) mass is 279 g/mol. The van der Waals surface area contributed by atoms with E-state index in [1.165, 1.54) is 11.8 Å². The van der Waals surface area contributed by atoms with E-state index in [0.29, 0.717) is 34.4 Å². The first-order valence-corrected chi connectivity index (χ1v) is 6.80. The van der Waals surface area contributed by atoms with Gasteiger partial charge in [-0.15, -0.1) is 0 Å². The van der Waals surface area contributed by atoms with E-state index in [0.717, 1.165) is 13.1 Å². The van der Waals surface area contributed by atoms with Crippen LogP contribution in [0.15, 0.2) is 5.16 Å². The van der Waals surface area contributed by atoms with Crippen molar-refractivity contribution < 1.29 is 4.74 Å². The predicted octanol–water partition coefficient (Wildman–Crippen LogP) is 2.34. The fourth-order valence-corrected chi connectivity index (χ4v) is 2.62. The summed E-state index contributed by atoms with van der Waals surface area (Å²) in [5, 5.41) is 1.41. The van der Waals surface area contributed by atoms with E-state index >= 15 is 0 Å². The van der Waals surface area contributed by atoms with Gasteiger partial charge in [-0.05, 0) is 6.26 Å². The van der Waals surface area contributed by atoms with Gasteiger partial charge in [-0.1, -0.05) is 35.0 Å². The number of halogens is 2. The molecule has 1 aromatic rings.